The van der Waals surface area contributed by atoms with Crippen LogP contribution in [0.3, 0.4) is 0 Å². The third kappa shape index (κ3) is 3.64. The number of rotatable bonds is 5. The Morgan fingerprint density at radius 2 is 2.13 bits per heavy atom. The highest BCUT2D eigenvalue weighted by Gasteiger charge is 2.18. The molecular formula is C9H17N3O2S. The van der Waals surface area contributed by atoms with Crippen molar-refractivity contribution in [3.8, 4) is 0 Å². The molecule has 1 aromatic heterocycles. The third-order valence-corrected chi connectivity index (χ3v) is 3.47. The second kappa shape index (κ2) is 4.76. The van der Waals surface area contributed by atoms with E-state index >= 15 is 0 Å². The molecule has 0 amide bonds. The Balaban J connectivity index is 2.66. The molecular weight excluding hydrogens is 214 g/mol. The van der Waals surface area contributed by atoms with Gasteiger partial charge in [-0.2, -0.15) is 5.10 Å². The van der Waals surface area contributed by atoms with Gasteiger partial charge in [0.2, 0.25) is 0 Å². The molecule has 5 nitrogen and oxygen atoms in total. The van der Waals surface area contributed by atoms with Crippen LogP contribution in [0.5, 0.6) is 0 Å². The number of aromatic amines is 1. The van der Waals surface area contributed by atoms with Crippen LogP contribution in [0.15, 0.2) is 17.3 Å². The first-order valence-corrected chi connectivity index (χ1v) is 6.42. The van der Waals surface area contributed by atoms with Gasteiger partial charge < -0.3 is 0 Å². The van der Waals surface area contributed by atoms with Crippen LogP contribution in [0, 0.1) is 5.92 Å². The second-order valence-corrected chi connectivity index (χ2v) is 5.76. The topological polar surface area (TPSA) is 74.8 Å². The SMILES string of the molecule is CC(C)CC(C)NS(=O)(=O)c1ccn[nH]1. The van der Waals surface area contributed by atoms with E-state index in [1.807, 2.05) is 6.92 Å². The zero-order chi connectivity index (χ0) is 11.5. The third-order valence-electron chi connectivity index (χ3n) is 1.95. The molecule has 0 bridgehead atoms. The molecule has 2 N–H and O–H groups in total. The highest BCUT2D eigenvalue weighted by Crippen LogP contribution is 2.08. The van der Waals surface area contributed by atoms with Gasteiger partial charge in [-0.05, 0) is 25.3 Å². The molecule has 1 heterocycles. The summed E-state index contributed by atoms with van der Waals surface area (Å²) in [5.74, 6) is 0.462. The van der Waals surface area contributed by atoms with Crippen LogP contribution in [0.25, 0.3) is 0 Å². The van der Waals surface area contributed by atoms with E-state index in [1.54, 1.807) is 0 Å². The number of nitrogens with zero attached hydrogens (tertiary/aromatic N) is 1. The lowest BCUT2D eigenvalue weighted by atomic mass is 10.1. The number of nitrogens with one attached hydrogen (secondary N) is 2. The normalized spacial score (nSPS) is 14.4. The average molecular weight is 231 g/mol. The van der Waals surface area contributed by atoms with Crippen molar-refractivity contribution in [2.75, 3.05) is 0 Å². The van der Waals surface area contributed by atoms with Crippen LogP contribution in [-0.2, 0) is 10.0 Å². The predicted octanol–water partition coefficient (Wildman–Crippen LogP) is 1.12. The van der Waals surface area contributed by atoms with Gasteiger partial charge in [0.1, 0.15) is 0 Å². The average Bonchev–Trinajstić information content (AvgIpc) is 2.51. The minimum absolute atomic E-state index is 0.0710. The van der Waals surface area contributed by atoms with E-state index < -0.39 is 10.0 Å². The van der Waals surface area contributed by atoms with Crippen LogP contribution >= 0.6 is 0 Å². The summed E-state index contributed by atoms with van der Waals surface area (Å²) in [4.78, 5) is 0. The standard InChI is InChI=1S/C9H17N3O2S/c1-7(2)6-8(3)12-15(13,14)9-4-5-10-11-9/h4-5,7-8,12H,6H2,1-3H3,(H,10,11). The van der Waals surface area contributed by atoms with Gasteiger partial charge in [-0.1, -0.05) is 13.8 Å². The van der Waals surface area contributed by atoms with Crippen LogP contribution in [-0.4, -0.2) is 24.7 Å². The Hall–Kier alpha value is -0.880. The minimum Gasteiger partial charge on any atom is -0.266 e. The fourth-order valence-electron chi connectivity index (χ4n) is 1.48. The zero-order valence-corrected chi connectivity index (χ0v) is 10.0. The molecule has 6 heteroatoms. The second-order valence-electron chi connectivity index (χ2n) is 4.07. The summed E-state index contributed by atoms with van der Waals surface area (Å²) in [6.07, 6.45) is 2.23. The molecule has 1 atom stereocenters. The van der Waals surface area contributed by atoms with Crippen molar-refractivity contribution in [2.45, 2.75) is 38.3 Å². The summed E-state index contributed by atoms with van der Waals surface area (Å²) in [7, 11) is -3.43. The molecule has 0 aliphatic carbocycles. The smallest absolute Gasteiger partial charge is 0.257 e. The lowest BCUT2D eigenvalue weighted by Gasteiger charge is -2.14. The molecule has 1 rings (SSSR count). The Kier molecular flexibility index (Phi) is 3.87. The zero-order valence-electron chi connectivity index (χ0n) is 9.19. The molecule has 0 radical (unpaired) electrons. The van der Waals surface area contributed by atoms with Gasteiger partial charge >= 0.3 is 0 Å². The quantitative estimate of drug-likeness (QED) is 0.797. The fourth-order valence-corrected chi connectivity index (χ4v) is 2.64. The first-order valence-electron chi connectivity index (χ1n) is 4.93. The molecule has 0 spiro atoms. The van der Waals surface area contributed by atoms with Crippen molar-refractivity contribution in [1.29, 1.82) is 0 Å². The van der Waals surface area contributed by atoms with Gasteiger partial charge in [0.15, 0.2) is 5.03 Å². The Morgan fingerprint density at radius 1 is 1.47 bits per heavy atom. The van der Waals surface area contributed by atoms with E-state index in [1.165, 1.54) is 12.3 Å². The minimum atomic E-state index is -3.43. The molecule has 0 aliphatic heterocycles. The highest BCUT2D eigenvalue weighted by molar-refractivity contribution is 7.89. The monoisotopic (exact) mass is 231 g/mol. The van der Waals surface area contributed by atoms with Crippen LogP contribution < -0.4 is 4.72 Å². The molecule has 1 unspecified atom stereocenters. The molecule has 86 valence electrons. The number of H-pyrrole nitrogens is 1. The lowest BCUT2D eigenvalue weighted by Crippen LogP contribution is -2.33. The van der Waals surface area contributed by atoms with Crippen LogP contribution in [0.4, 0.5) is 0 Å². The molecule has 0 aliphatic rings. The fraction of sp³-hybridized carbons (Fsp3) is 0.667. The van der Waals surface area contributed by atoms with Gasteiger partial charge in [-0.25, -0.2) is 13.1 Å². The number of hydrogen-bond acceptors (Lipinski definition) is 3. The Bertz CT molecular complexity index is 383. The van der Waals surface area contributed by atoms with Crippen molar-refractivity contribution in [2.24, 2.45) is 5.92 Å². The summed E-state index contributed by atoms with van der Waals surface area (Å²) in [5, 5.41) is 6.16. The molecule has 0 saturated carbocycles. The summed E-state index contributed by atoms with van der Waals surface area (Å²) in [6.45, 7) is 5.97. The van der Waals surface area contributed by atoms with Crippen molar-refractivity contribution < 1.29 is 8.42 Å². The summed E-state index contributed by atoms with van der Waals surface area (Å²) in [6, 6.07) is 1.36. The van der Waals surface area contributed by atoms with E-state index in [9.17, 15) is 8.42 Å². The first-order chi connectivity index (χ1) is 6.92. The van der Waals surface area contributed by atoms with E-state index in [4.69, 9.17) is 0 Å². The number of hydrogen-bond donors (Lipinski definition) is 2. The summed E-state index contributed by atoms with van der Waals surface area (Å²) in [5.41, 5.74) is 0. The van der Waals surface area contributed by atoms with Crippen molar-refractivity contribution >= 4 is 10.0 Å². The first kappa shape index (κ1) is 12.2. The maximum atomic E-state index is 11.7. The predicted molar refractivity (Wildman–Crippen MR) is 57.8 cm³/mol. The molecule has 0 aromatic carbocycles. The lowest BCUT2D eigenvalue weighted by molar-refractivity contribution is 0.481. The van der Waals surface area contributed by atoms with E-state index in [0.717, 1.165) is 6.42 Å². The number of aromatic nitrogens is 2. The van der Waals surface area contributed by atoms with Crippen molar-refractivity contribution in [3.05, 3.63) is 12.3 Å². The summed E-state index contributed by atoms with van der Waals surface area (Å²) < 4.78 is 26.0. The van der Waals surface area contributed by atoms with Gasteiger partial charge in [-0.15, -0.1) is 0 Å². The van der Waals surface area contributed by atoms with Crippen molar-refractivity contribution in [1.82, 2.24) is 14.9 Å². The van der Waals surface area contributed by atoms with E-state index in [2.05, 4.69) is 28.8 Å². The number of sulfonamides is 1. The van der Waals surface area contributed by atoms with Crippen LogP contribution in [0.2, 0.25) is 0 Å². The largest absolute Gasteiger partial charge is 0.266 e. The molecule has 0 fully saturated rings. The van der Waals surface area contributed by atoms with Gasteiger partial charge in [0.05, 0.1) is 6.20 Å². The Morgan fingerprint density at radius 3 is 2.60 bits per heavy atom. The summed E-state index contributed by atoms with van der Waals surface area (Å²) >= 11 is 0. The van der Waals surface area contributed by atoms with Gasteiger partial charge in [0.25, 0.3) is 10.0 Å². The van der Waals surface area contributed by atoms with Gasteiger partial charge in [0, 0.05) is 6.04 Å². The maximum absolute atomic E-state index is 11.7. The van der Waals surface area contributed by atoms with E-state index in [0.29, 0.717) is 5.92 Å². The Labute approximate surface area is 90.3 Å². The molecule has 15 heavy (non-hydrogen) atoms. The molecule has 0 saturated heterocycles. The van der Waals surface area contributed by atoms with Gasteiger partial charge in [-0.3, -0.25) is 5.10 Å². The van der Waals surface area contributed by atoms with Crippen LogP contribution in [0.1, 0.15) is 27.2 Å². The van der Waals surface area contributed by atoms with Crippen molar-refractivity contribution in [3.63, 3.8) is 0 Å². The van der Waals surface area contributed by atoms with E-state index in [-0.39, 0.29) is 11.1 Å². The maximum Gasteiger partial charge on any atom is 0.257 e. The highest BCUT2D eigenvalue weighted by atomic mass is 32.2. The molecule has 1 aromatic rings.